The zero-order valence-corrected chi connectivity index (χ0v) is 27.9. The van der Waals surface area contributed by atoms with Gasteiger partial charge in [-0.1, -0.05) is 60.7 Å². The van der Waals surface area contributed by atoms with Crippen LogP contribution in [0.3, 0.4) is 0 Å². The lowest BCUT2D eigenvalue weighted by atomic mass is 9.91. The molecule has 2 amide bonds. The predicted molar refractivity (Wildman–Crippen MR) is 184 cm³/mol. The Bertz CT molecular complexity index is 1660. The number of aromatic nitrogens is 4. The van der Waals surface area contributed by atoms with Gasteiger partial charge < -0.3 is 40.7 Å². The van der Waals surface area contributed by atoms with E-state index in [0.717, 1.165) is 50.3 Å². The number of imidazole rings is 1. The van der Waals surface area contributed by atoms with E-state index in [1.54, 1.807) is 6.92 Å². The lowest BCUT2D eigenvalue weighted by molar-refractivity contribution is -0.137. The van der Waals surface area contributed by atoms with Gasteiger partial charge in [0, 0.05) is 51.7 Å². The number of amides is 2. The lowest BCUT2D eigenvalue weighted by Gasteiger charge is -2.32. The maximum Gasteiger partial charge on any atom is 0.289 e. The number of carbonyl (C=O) groups is 2. The second-order valence-electron chi connectivity index (χ2n) is 12.6. The minimum atomic E-state index is -1.48. The van der Waals surface area contributed by atoms with Crippen molar-refractivity contribution in [3.63, 3.8) is 0 Å². The third kappa shape index (κ3) is 7.89. The first-order valence-corrected chi connectivity index (χ1v) is 16.9. The summed E-state index contributed by atoms with van der Waals surface area (Å²) in [5.41, 5.74) is 2.76. The summed E-state index contributed by atoms with van der Waals surface area (Å²) >= 11 is 0. The van der Waals surface area contributed by atoms with E-state index in [4.69, 9.17) is 4.74 Å². The van der Waals surface area contributed by atoms with E-state index in [0.29, 0.717) is 31.0 Å². The number of carbonyl (C=O) groups excluding carboxylic acids is 2. The molecule has 2 saturated heterocycles. The Labute approximate surface area is 285 Å². The maximum atomic E-state index is 13.5. The molecule has 14 heteroatoms. The minimum Gasteiger partial charge on any atom is -0.387 e. The second kappa shape index (κ2) is 15.8. The van der Waals surface area contributed by atoms with Crippen molar-refractivity contribution in [1.29, 1.82) is 0 Å². The first-order valence-electron chi connectivity index (χ1n) is 16.9. The van der Waals surface area contributed by atoms with Crippen molar-refractivity contribution >= 4 is 28.8 Å². The van der Waals surface area contributed by atoms with Crippen LogP contribution >= 0.6 is 0 Å². The van der Waals surface area contributed by atoms with Gasteiger partial charge in [0.1, 0.15) is 12.2 Å². The lowest BCUT2D eigenvalue weighted by Crippen LogP contribution is -2.45. The summed E-state index contributed by atoms with van der Waals surface area (Å²) in [5.74, 6) is -0.791. The molecular weight excluding hydrogens is 626 g/mol. The fourth-order valence-corrected chi connectivity index (χ4v) is 6.36. The van der Waals surface area contributed by atoms with E-state index in [1.807, 2.05) is 36.4 Å². The highest BCUT2D eigenvalue weighted by molar-refractivity contribution is 5.94. The molecule has 0 spiro atoms. The number of anilines is 1. The van der Waals surface area contributed by atoms with Crippen LogP contribution in [0, 0.1) is 0 Å². The van der Waals surface area contributed by atoms with Crippen molar-refractivity contribution in [2.24, 2.45) is 0 Å². The maximum absolute atomic E-state index is 13.5. The highest BCUT2D eigenvalue weighted by Crippen LogP contribution is 2.33. The van der Waals surface area contributed by atoms with Gasteiger partial charge in [0.25, 0.3) is 11.8 Å². The van der Waals surface area contributed by atoms with E-state index in [2.05, 4.69) is 72.0 Å². The number of nitrogens with zero attached hydrogens (tertiary/aromatic N) is 6. The Balaban J connectivity index is 1.27. The van der Waals surface area contributed by atoms with Crippen LogP contribution < -0.4 is 16.0 Å². The highest BCUT2D eigenvalue weighted by atomic mass is 16.6. The molecule has 6 rings (SSSR count). The fraction of sp³-hybridized carbons (Fsp3) is 0.457. The van der Waals surface area contributed by atoms with Crippen molar-refractivity contribution in [3.8, 4) is 0 Å². The van der Waals surface area contributed by atoms with Gasteiger partial charge in [0.15, 0.2) is 29.3 Å². The Morgan fingerprint density at radius 1 is 0.939 bits per heavy atom. The van der Waals surface area contributed by atoms with Crippen molar-refractivity contribution in [2.45, 2.75) is 43.8 Å². The molecule has 2 aliphatic rings. The number of hydrogen-bond acceptors (Lipinski definition) is 11. The van der Waals surface area contributed by atoms with E-state index in [-0.39, 0.29) is 17.4 Å². The molecule has 0 saturated carbocycles. The van der Waals surface area contributed by atoms with Gasteiger partial charge in [0.05, 0.1) is 6.33 Å². The molecule has 4 aromatic rings. The SMILES string of the molecule is CCNC(=O)[C@H]1O[C@@H](n2cnc3c(NCC(c4ccccc4)c4ccccc4)nc(C(=O)NCCCN4CCN(C)CC4)nc32)[C@@H](O)[C@@H]1O. The molecule has 0 radical (unpaired) electrons. The number of ether oxygens (including phenoxy) is 1. The first kappa shape index (κ1) is 34.4. The van der Waals surface area contributed by atoms with Crippen LogP contribution in [0.15, 0.2) is 67.0 Å². The van der Waals surface area contributed by atoms with Crippen LogP contribution in [-0.4, -0.2) is 129 Å². The molecule has 14 nitrogen and oxygen atoms in total. The number of nitrogens with one attached hydrogen (secondary N) is 3. The number of benzene rings is 2. The molecule has 2 aromatic heterocycles. The highest BCUT2D eigenvalue weighted by Gasteiger charge is 2.47. The minimum absolute atomic E-state index is 0.0469. The molecule has 4 atom stereocenters. The van der Waals surface area contributed by atoms with Gasteiger partial charge in [-0.2, -0.15) is 0 Å². The summed E-state index contributed by atoms with van der Waals surface area (Å²) in [4.78, 5) is 44.5. The van der Waals surface area contributed by atoms with Gasteiger partial charge >= 0.3 is 0 Å². The van der Waals surface area contributed by atoms with Crippen LogP contribution in [0.1, 0.15) is 47.2 Å². The van der Waals surface area contributed by atoms with E-state index in [9.17, 15) is 19.8 Å². The average molecular weight is 672 g/mol. The zero-order chi connectivity index (χ0) is 34.3. The first-order chi connectivity index (χ1) is 23.8. The third-order valence-electron chi connectivity index (χ3n) is 9.16. The fourth-order valence-electron chi connectivity index (χ4n) is 6.36. The summed E-state index contributed by atoms with van der Waals surface area (Å²) in [6.45, 7) is 7.90. The molecule has 2 fully saturated rings. The molecule has 260 valence electrons. The number of piperazine rings is 1. The van der Waals surface area contributed by atoms with Crippen LogP contribution in [-0.2, 0) is 9.53 Å². The Kier molecular flexibility index (Phi) is 11.1. The van der Waals surface area contributed by atoms with E-state index < -0.39 is 36.4 Å². The molecular formula is C35H45N9O5. The third-order valence-corrected chi connectivity index (χ3v) is 9.16. The molecule has 0 unspecified atom stereocenters. The van der Waals surface area contributed by atoms with Gasteiger partial charge in [-0.3, -0.25) is 14.2 Å². The van der Waals surface area contributed by atoms with Crippen LogP contribution in [0.2, 0.25) is 0 Å². The molecule has 0 bridgehead atoms. The van der Waals surface area contributed by atoms with Crippen molar-refractivity contribution in [2.75, 3.05) is 64.7 Å². The van der Waals surface area contributed by atoms with Gasteiger partial charge in [-0.15, -0.1) is 0 Å². The van der Waals surface area contributed by atoms with Gasteiger partial charge in [-0.05, 0) is 38.1 Å². The molecule has 4 heterocycles. The van der Waals surface area contributed by atoms with E-state index >= 15 is 0 Å². The largest absolute Gasteiger partial charge is 0.387 e. The number of fused-ring (bicyclic) bond motifs is 1. The smallest absolute Gasteiger partial charge is 0.289 e. The van der Waals surface area contributed by atoms with Crippen molar-refractivity contribution in [3.05, 3.63) is 83.9 Å². The van der Waals surface area contributed by atoms with Crippen LogP contribution in [0.5, 0.6) is 0 Å². The number of likely N-dealkylation sites (N-methyl/N-ethyl adjacent to an activating group) is 2. The molecule has 2 aliphatic heterocycles. The predicted octanol–water partition coefficient (Wildman–Crippen LogP) is 1.19. The number of rotatable bonds is 13. The quantitative estimate of drug-likeness (QED) is 0.130. The van der Waals surface area contributed by atoms with Gasteiger partial charge in [0.2, 0.25) is 5.82 Å². The Morgan fingerprint density at radius 2 is 1.61 bits per heavy atom. The Hall–Kier alpha value is -4.47. The summed E-state index contributed by atoms with van der Waals surface area (Å²) < 4.78 is 7.31. The van der Waals surface area contributed by atoms with Crippen LogP contribution in [0.4, 0.5) is 5.82 Å². The van der Waals surface area contributed by atoms with E-state index in [1.165, 1.54) is 10.9 Å². The van der Waals surface area contributed by atoms with Crippen molar-refractivity contribution in [1.82, 2.24) is 40.0 Å². The molecule has 2 aromatic carbocycles. The summed E-state index contributed by atoms with van der Waals surface area (Å²) in [6.07, 6.45) is -3.22. The van der Waals surface area contributed by atoms with Crippen LogP contribution in [0.25, 0.3) is 11.2 Å². The summed E-state index contributed by atoms with van der Waals surface area (Å²) in [6, 6.07) is 20.2. The van der Waals surface area contributed by atoms with Crippen molar-refractivity contribution < 1.29 is 24.5 Å². The average Bonchev–Trinajstić information content (AvgIpc) is 3.68. The Morgan fingerprint density at radius 3 is 2.27 bits per heavy atom. The second-order valence-corrected chi connectivity index (χ2v) is 12.6. The normalized spacial score (nSPS) is 21.7. The summed E-state index contributed by atoms with van der Waals surface area (Å²) in [7, 11) is 2.12. The number of hydrogen-bond donors (Lipinski definition) is 5. The molecule has 49 heavy (non-hydrogen) atoms. The number of aliphatic hydroxyl groups is 2. The standard InChI is InChI=1S/C35H45N9O5/c1-3-36-33(47)29-27(45)28(46)35(49-29)44-22-39-26-30(38-21-25(23-11-6-4-7-12-23)24-13-8-5-9-14-24)40-31(41-32(26)44)34(48)37-15-10-16-43-19-17-42(2)18-20-43/h4-9,11-14,22,25,27-29,35,45-46H,3,10,15-21H2,1-2H3,(H,36,47)(H,37,48)(H,38,40,41)/t27-,28-,29-,35+/m0/s1. The monoisotopic (exact) mass is 671 g/mol. The molecule has 0 aliphatic carbocycles. The molecule has 5 N–H and O–H groups in total. The number of aliphatic hydroxyl groups excluding tert-OH is 2. The van der Waals surface area contributed by atoms with Gasteiger partial charge in [-0.25, -0.2) is 15.0 Å². The zero-order valence-electron chi connectivity index (χ0n) is 27.9. The summed E-state index contributed by atoms with van der Waals surface area (Å²) in [5, 5.41) is 30.7. The topological polar surface area (TPSA) is 170 Å².